The standard InChI is InChI=1S/C25H21N3O3/c1-31-20-14-11-18(12-15-20)13-16-23-27-22-10-6-5-9-21(22)25(30)28(23)17-24(29)26-19-7-3-2-4-8-19/h2-16H,17H2,1H3,(H,26,29)/b16-13+. The number of anilines is 1. The number of nitrogens with one attached hydrogen (secondary N) is 1. The van der Waals surface area contributed by atoms with Crippen LogP contribution in [0.4, 0.5) is 5.69 Å². The van der Waals surface area contributed by atoms with Gasteiger partial charge in [-0.05, 0) is 48.0 Å². The lowest BCUT2D eigenvalue weighted by Gasteiger charge is -2.12. The van der Waals surface area contributed by atoms with Gasteiger partial charge in [0.25, 0.3) is 5.56 Å². The van der Waals surface area contributed by atoms with E-state index in [9.17, 15) is 9.59 Å². The lowest BCUT2D eigenvalue weighted by Crippen LogP contribution is -2.30. The summed E-state index contributed by atoms with van der Waals surface area (Å²) in [4.78, 5) is 30.4. The van der Waals surface area contributed by atoms with Crippen molar-refractivity contribution < 1.29 is 9.53 Å². The number of rotatable bonds is 6. The molecule has 0 aliphatic heterocycles. The molecule has 1 N–H and O–H groups in total. The van der Waals surface area contributed by atoms with Crippen LogP contribution < -0.4 is 15.6 Å². The van der Waals surface area contributed by atoms with Gasteiger partial charge in [0, 0.05) is 5.69 Å². The number of benzene rings is 3. The van der Waals surface area contributed by atoms with Gasteiger partial charge in [-0.3, -0.25) is 14.2 Å². The van der Waals surface area contributed by atoms with E-state index in [0.717, 1.165) is 11.3 Å². The summed E-state index contributed by atoms with van der Waals surface area (Å²) in [5.41, 5.74) is 1.91. The predicted octanol–water partition coefficient (Wildman–Crippen LogP) is 4.21. The Morgan fingerprint density at radius 2 is 1.68 bits per heavy atom. The van der Waals surface area contributed by atoms with Crippen LogP contribution in [0.25, 0.3) is 23.1 Å². The van der Waals surface area contributed by atoms with Crippen LogP contribution in [0.15, 0.2) is 83.7 Å². The first-order valence-electron chi connectivity index (χ1n) is 9.80. The van der Waals surface area contributed by atoms with Gasteiger partial charge in [0.15, 0.2) is 0 Å². The predicted molar refractivity (Wildman–Crippen MR) is 123 cm³/mol. The molecule has 0 fully saturated rings. The molecule has 4 aromatic rings. The van der Waals surface area contributed by atoms with Gasteiger partial charge in [-0.1, -0.05) is 48.5 Å². The quantitative estimate of drug-likeness (QED) is 0.516. The van der Waals surface area contributed by atoms with Gasteiger partial charge in [-0.15, -0.1) is 0 Å². The number of para-hydroxylation sites is 2. The summed E-state index contributed by atoms with van der Waals surface area (Å²) < 4.78 is 6.57. The molecule has 0 unspecified atom stereocenters. The molecular weight excluding hydrogens is 390 g/mol. The Morgan fingerprint density at radius 1 is 0.968 bits per heavy atom. The number of fused-ring (bicyclic) bond motifs is 1. The minimum atomic E-state index is -0.301. The minimum absolute atomic E-state index is 0.145. The van der Waals surface area contributed by atoms with Gasteiger partial charge >= 0.3 is 0 Å². The van der Waals surface area contributed by atoms with Crippen molar-refractivity contribution in [2.75, 3.05) is 12.4 Å². The molecule has 1 amide bonds. The molecule has 31 heavy (non-hydrogen) atoms. The van der Waals surface area contributed by atoms with E-state index in [2.05, 4.69) is 10.3 Å². The number of nitrogens with zero attached hydrogens (tertiary/aromatic N) is 2. The fraction of sp³-hybridized carbons (Fsp3) is 0.0800. The fourth-order valence-electron chi connectivity index (χ4n) is 3.22. The second-order valence-electron chi connectivity index (χ2n) is 6.90. The molecule has 0 aliphatic carbocycles. The van der Waals surface area contributed by atoms with Crippen molar-refractivity contribution in [3.63, 3.8) is 0 Å². The van der Waals surface area contributed by atoms with E-state index in [1.54, 1.807) is 43.5 Å². The monoisotopic (exact) mass is 411 g/mol. The summed E-state index contributed by atoms with van der Waals surface area (Å²) in [5.74, 6) is 0.864. The number of carbonyl (C=O) groups is 1. The molecule has 3 aromatic carbocycles. The Bertz CT molecular complexity index is 1290. The zero-order valence-electron chi connectivity index (χ0n) is 17.0. The first kappa shape index (κ1) is 20.1. The highest BCUT2D eigenvalue weighted by atomic mass is 16.5. The SMILES string of the molecule is COc1ccc(/C=C/c2nc3ccccc3c(=O)n2CC(=O)Nc2ccccc2)cc1. The van der Waals surface area contributed by atoms with Crippen LogP contribution in [0, 0.1) is 0 Å². The first-order chi connectivity index (χ1) is 15.1. The summed E-state index contributed by atoms with van der Waals surface area (Å²) in [6.07, 6.45) is 3.59. The highest BCUT2D eigenvalue weighted by Crippen LogP contribution is 2.15. The molecule has 1 aromatic heterocycles. The molecule has 154 valence electrons. The van der Waals surface area contributed by atoms with E-state index < -0.39 is 0 Å². The van der Waals surface area contributed by atoms with E-state index in [-0.39, 0.29) is 18.0 Å². The summed E-state index contributed by atoms with van der Waals surface area (Å²) in [7, 11) is 1.61. The molecular formula is C25H21N3O3. The van der Waals surface area contributed by atoms with Crippen molar-refractivity contribution in [3.8, 4) is 5.75 Å². The lowest BCUT2D eigenvalue weighted by molar-refractivity contribution is -0.116. The normalized spacial score (nSPS) is 11.0. The molecule has 0 atom stereocenters. The van der Waals surface area contributed by atoms with Crippen molar-refractivity contribution >= 4 is 34.6 Å². The van der Waals surface area contributed by atoms with Crippen LogP contribution in [0.3, 0.4) is 0 Å². The van der Waals surface area contributed by atoms with Crippen molar-refractivity contribution in [2.45, 2.75) is 6.54 Å². The van der Waals surface area contributed by atoms with Crippen LogP contribution in [0.5, 0.6) is 5.75 Å². The first-order valence-corrected chi connectivity index (χ1v) is 9.80. The average molecular weight is 411 g/mol. The smallest absolute Gasteiger partial charge is 0.262 e. The van der Waals surface area contributed by atoms with Gasteiger partial charge in [-0.2, -0.15) is 0 Å². The molecule has 6 nitrogen and oxygen atoms in total. The fourth-order valence-corrected chi connectivity index (χ4v) is 3.22. The number of hydrogen-bond donors (Lipinski definition) is 1. The molecule has 0 saturated carbocycles. The van der Waals surface area contributed by atoms with Gasteiger partial charge in [0.2, 0.25) is 5.91 Å². The van der Waals surface area contributed by atoms with Crippen LogP contribution in [-0.2, 0) is 11.3 Å². The maximum atomic E-state index is 13.1. The Morgan fingerprint density at radius 3 is 2.42 bits per heavy atom. The number of ether oxygens (including phenoxy) is 1. The molecule has 0 radical (unpaired) electrons. The number of aromatic nitrogens is 2. The van der Waals surface area contributed by atoms with E-state index in [1.807, 2.05) is 54.6 Å². The van der Waals surface area contributed by atoms with Crippen molar-refractivity contribution in [2.24, 2.45) is 0 Å². The third-order valence-corrected chi connectivity index (χ3v) is 4.79. The molecule has 0 bridgehead atoms. The summed E-state index contributed by atoms with van der Waals surface area (Å²) in [6.45, 7) is -0.145. The Hall–Kier alpha value is -4.19. The zero-order valence-corrected chi connectivity index (χ0v) is 17.0. The summed E-state index contributed by atoms with van der Waals surface area (Å²) >= 11 is 0. The number of amides is 1. The minimum Gasteiger partial charge on any atom is -0.497 e. The summed E-state index contributed by atoms with van der Waals surface area (Å²) in [5, 5.41) is 3.28. The second kappa shape index (κ2) is 9.09. The Kier molecular flexibility index (Phi) is 5.89. The second-order valence-corrected chi connectivity index (χ2v) is 6.90. The zero-order chi connectivity index (χ0) is 21.6. The number of hydrogen-bond acceptors (Lipinski definition) is 4. The van der Waals surface area contributed by atoms with E-state index in [4.69, 9.17) is 4.74 Å². The summed E-state index contributed by atoms with van der Waals surface area (Å²) in [6, 6.07) is 23.8. The topological polar surface area (TPSA) is 73.2 Å². The number of carbonyl (C=O) groups excluding carboxylic acids is 1. The molecule has 0 saturated heterocycles. The van der Waals surface area contributed by atoms with Gasteiger partial charge in [0.05, 0.1) is 18.0 Å². The maximum Gasteiger partial charge on any atom is 0.262 e. The van der Waals surface area contributed by atoms with Gasteiger partial charge in [0.1, 0.15) is 18.1 Å². The largest absolute Gasteiger partial charge is 0.497 e. The van der Waals surface area contributed by atoms with Crippen molar-refractivity contribution in [1.82, 2.24) is 9.55 Å². The third kappa shape index (κ3) is 4.70. The van der Waals surface area contributed by atoms with Crippen LogP contribution in [-0.4, -0.2) is 22.6 Å². The third-order valence-electron chi connectivity index (χ3n) is 4.79. The molecule has 6 heteroatoms. The molecule has 4 rings (SSSR count). The van der Waals surface area contributed by atoms with Crippen LogP contribution >= 0.6 is 0 Å². The van der Waals surface area contributed by atoms with E-state index in [0.29, 0.717) is 22.4 Å². The Balaban J connectivity index is 1.69. The lowest BCUT2D eigenvalue weighted by atomic mass is 10.2. The molecule has 1 heterocycles. The number of methoxy groups -OCH3 is 1. The van der Waals surface area contributed by atoms with Gasteiger partial charge < -0.3 is 10.1 Å². The average Bonchev–Trinajstić information content (AvgIpc) is 2.81. The Labute approximate surface area is 179 Å². The van der Waals surface area contributed by atoms with Crippen LogP contribution in [0.2, 0.25) is 0 Å². The highest BCUT2D eigenvalue weighted by Gasteiger charge is 2.12. The molecule has 0 spiro atoms. The maximum absolute atomic E-state index is 13.1. The van der Waals surface area contributed by atoms with E-state index >= 15 is 0 Å². The van der Waals surface area contributed by atoms with E-state index in [1.165, 1.54) is 4.57 Å². The highest BCUT2D eigenvalue weighted by molar-refractivity contribution is 5.91. The molecule has 0 aliphatic rings. The van der Waals surface area contributed by atoms with Crippen molar-refractivity contribution in [3.05, 3.63) is 101 Å². The van der Waals surface area contributed by atoms with Gasteiger partial charge in [-0.25, -0.2) is 4.98 Å². The van der Waals surface area contributed by atoms with Crippen LogP contribution in [0.1, 0.15) is 11.4 Å². The van der Waals surface area contributed by atoms with Crippen molar-refractivity contribution in [1.29, 1.82) is 0 Å².